The van der Waals surface area contributed by atoms with Gasteiger partial charge in [-0.05, 0) is 0 Å². The Morgan fingerprint density at radius 1 is 1.41 bits per heavy atom. The number of hydrogen-bond acceptors (Lipinski definition) is 3. The second kappa shape index (κ2) is 8.62. The van der Waals surface area contributed by atoms with Crippen LogP contribution >= 0.6 is 31.6 Å². The molecule has 0 saturated carbocycles. The fraction of sp³-hybridized carbons (Fsp3) is 0.500. The van der Waals surface area contributed by atoms with Crippen molar-refractivity contribution in [2.24, 2.45) is 5.92 Å². The summed E-state index contributed by atoms with van der Waals surface area (Å²) in [4.78, 5) is 12.2. The van der Waals surface area contributed by atoms with Gasteiger partial charge in [-0.2, -0.15) is 0 Å². The van der Waals surface area contributed by atoms with Crippen molar-refractivity contribution in [2.75, 3.05) is 15.5 Å². The Labute approximate surface area is 185 Å². The fourth-order valence-electron chi connectivity index (χ4n) is 4.13. The van der Waals surface area contributed by atoms with Crippen molar-refractivity contribution in [1.29, 1.82) is 0 Å². The van der Waals surface area contributed by atoms with E-state index in [4.69, 9.17) is 9.84 Å². The molecule has 1 fully saturated rings. The molecule has 0 bridgehead atoms. The van der Waals surface area contributed by atoms with E-state index in [0.717, 1.165) is 12.0 Å². The van der Waals surface area contributed by atoms with Crippen LogP contribution in [0.3, 0.4) is 0 Å². The van der Waals surface area contributed by atoms with Crippen LogP contribution in [0.25, 0.3) is 0 Å². The van der Waals surface area contributed by atoms with Gasteiger partial charge in [0.2, 0.25) is 0 Å². The number of aliphatic carboxylic acids is 1. The predicted molar refractivity (Wildman–Crippen MR) is 130 cm³/mol. The van der Waals surface area contributed by atoms with Gasteiger partial charge in [0, 0.05) is 0 Å². The summed E-state index contributed by atoms with van der Waals surface area (Å²) in [6, 6.07) is 0. The van der Waals surface area contributed by atoms with Crippen LogP contribution in [0.5, 0.6) is 0 Å². The zero-order chi connectivity index (χ0) is 20.6. The fourth-order valence-corrected chi connectivity index (χ4v) is 10.3. The van der Waals surface area contributed by atoms with E-state index in [0.29, 0.717) is 13.0 Å². The number of rotatable bonds is 7. The van der Waals surface area contributed by atoms with E-state index in [2.05, 4.69) is 56.9 Å². The van der Waals surface area contributed by atoms with Crippen molar-refractivity contribution >= 4 is 37.6 Å². The van der Waals surface area contributed by atoms with Gasteiger partial charge in [-0.1, -0.05) is 0 Å². The second-order valence-corrected chi connectivity index (χ2v) is 15.9. The number of carboxylic acid groups (broad SMARTS) is 1. The third kappa shape index (κ3) is 5.01. The van der Waals surface area contributed by atoms with Crippen molar-refractivity contribution in [3.8, 4) is 0 Å². The first-order valence-electron chi connectivity index (χ1n) is 10.2. The standard InChI is InChI=1S/C24H29IO3S/c1-16-8-9-24(29-16)13-19(12-21(14-24)25-10-11-25)15-28-22-6-4-20(5-7-23(26)27)17(2)18(22)3/h4,6,9,12,14,18,22H,5,7,10-11,13,15H2,1-3H3,(H,26,27). The molecule has 1 N–H and O–H groups in total. The number of carboxylic acids is 1. The summed E-state index contributed by atoms with van der Waals surface area (Å²) in [6.45, 7) is 7.13. The van der Waals surface area contributed by atoms with Gasteiger partial charge in [0.1, 0.15) is 0 Å². The monoisotopic (exact) mass is 524 g/mol. The molecule has 3 atom stereocenters. The van der Waals surface area contributed by atoms with Gasteiger partial charge >= 0.3 is 176 Å². The second-order valence-electron chi connectivity index (χ2n) is 8.27. The molecule has 4 rings (SSSR count). The number of carbonyl (C=O) groups is 1. The quantitative estimate of drug-likeness (QED) is 0.251. The molecule has 4 aliphatic rings. The average molecular weight is 524 g/mol. The first-order valence-corrected chi connectivity index (χ1v) is 15.2. The third-order valence-corrected chi connectivity index (χ3v) is 11.7. The number of halogens is 1. The Morgan fingerprint density at radius 3 is 2.86 bits per heavy atom. The molecule has 0 aromatic carbocycles. The van der Waals surface area contributed by atoms with Crippen LogP contribution in [-0.4, -0.2) is 37.4 Å². The summed E-state index contributed by atoms with van der Waals surface area (Å²) in [7, 11) is 0. The molecule has 5 heteroatoms. The minimum absolute atomic E-state index is 0.0566. The van der Waals surface area contributed by atoms with Crippen LogP contribution in [0.2, 0.25) is 0 Å². The number of alkyl halides is 2. The Morgan fingerprint density at radius 2 is 2.21 bits per heavy atom. The van der Waals surface area contributed by atoms with Gasteiger partial charge in [0.15, 0.2) is 0 Å². The van der Waals surface area contributed by atoms with Gasteiger partial charge in [-0.25, -0.2) is 0 Å². The minimum atomic E-state index is -0.838. The first-order chi connectivity index (χ1) is 13.8. The Balaban J connectivity index is 1.40. The normalized spacial score (nSPS) is 31.8. The molecule has 0 aromatic heterocycles. The van der Waals surface area contributed by atoms with Gasteiger partial charge in [0.05, 0.1) is 0 Å². The molecule has 0 radical (unpaired) electrons. The molecule has 3 unspecified atom stereocenters. The van der Waals surface area contributed by atoms with Crippen LogP contribution in [-0.2, 0) is 9.53 Å². The van der Waals surface area contributed by atoms with Crippen molar-refractivity contribution in [3.05, 3.63) is 61.3 Å². The van der Waals surface area contributed by atoms with Gasteiger partial charge in [-0.15, -0.1) is 0 Å². The SMILES string of the molecule is CC1=C=CC2(C=C(I3CC3)C=C(COC3C=CC(CCC(=O)O)=C(C)C3C)C2)S1. The maximum atomic E-state index is 10.9. The van der Waals surface area contributed by atoms with E-state index in [1.807, 2.05) is 11.8 Å². The van der Waals surface area contributed by atoms with Crippen LogP contribution in [0.15, 0.2) is 61.3 Å². The molecule has 0 amide bonds. The molecule has 2 heterocycles. The van der Waals surface area contributed by atoms with Crippen molar-refractivity contribution in [1.82, 2.24) is 0 Å². The topological polar surface area (TPSA) is 46.5 Å². The number of hydrogen-bond donors (Lipinski definition) is 1. The summed E-state index contributed by atoms with van der Waals surface area (Å²) in [5, 5.41) is 8.96. The number of ether oxygens (including phenoxy) is 1. The molecule has 1 saturated heterocycles. The molecule has 29 heavy (non-hydrogen) atoms. The van der Waals surface area contributed by atoms with Gasteiger partial charge < -0.3 is 5.11 Å². The molecule has 2 aliphatic heterocycles. The molecular weight excluding hydrogens is 495 g/mol. The Bertz CT molecular complexity index is 899. The molecular formula is C24H29IO3S. The summed E-state index contributed by atoms with van der Waals surface area (Å²) in [5.74, 6) is -0.462. The van der Waals surface area contributed by atoms with Gasteiger partial charge in [0.25, 0.3) is 0 Å². The van der Waals surface area contributed by atoms with Crippen LogP contribution in [0.1, 0.15) is 40.0 Å². The Hall–Kier alpha value is -1.01. The zero-order valence-electron chi connectivity index (χ0n) is 17.3. The number of allylic oxidation sites excluding steroid dienone is 4. The summed E-state index contributed by atoms with van der Waals surface area (Å²) in [6.07, 6.45) is 13.3. The van der Waals surface area contributed by atoms with Crippen molar-refractivity contribution < 1.29 is 14.6 Å². The third-order valence-electron chi connectivity index (χ3n) is 6.02. The average Bonchev–Trinajstić information content (AvgIpc) is 3.47. The van der Waals surface area contributed by atoms with Gasteiger partial charge in [-0.3, -0.25) is 4.79 Å². The predicted octanol–water partition coefficient (Wildman–Crippen LogP) is 6.04. The first kappa shape index (κ1) is 21.2. The van der Waals surface area contributed by atoms with E-state index in [1.54, 1.807) is 3.58 Å². The van der Waals surface area contributed by atoms with Crippen molar-refractivity contribution in [3.63, 3.8) is 0 Å². The van der Waals surface area contributed by atoms with Crippen molar-refractivity contribution in [2.45, 2.75) is 50.9 Å². The molecule has 0 aromatic rings. The number of thioether (sulfide) groups is 1. The molecule has 2 aliphatic carbocycles. The molecule has 3 nitrogen and oxygen atoms in total. The summed E-state index contributed by atoms with van der Waals surface area (Å²) in [5.41, 5.74) is 7.24. The van der Waals surface area contributed by atoms with Crippen LogP contribution < -0.4 is 0 Å². The van der Waals surface area contributed by atoms with Crippen LogP contribution in [0, 0.1) is 5.92 Å². The molecule has 156 valence electrons. The van der Waals surface area contributed by atoms with E-state index in [1.165, 1.54) is 24.9 Å². The van der Waals surface area contributed by atoms with E-state index >= 15 is 0 Å². The molecule has 1 spiro atoms. The summed E-state index contributed by atoms with van der Waals surface area (Å²) < 4.78 is 11.0. The van der Waals surface area contributed by atoms with E-state index in [9.17, 15) is 4.79 Å². The summed E-state index contributed by atoms with van der Waals surface area (Å²) >= 11 is 1.11. The maximum absolute atomic E-state index is 10.9. The zero-order valence-corrected chi connectivity index (χ0v) is 20.3. The Kier molecular flexibility index (Phi) is 6.31. The van der Waals surface area contributed by atoms with E-state index < -0.39 is 25.8 Å². The van der Waals surface area contributed by atoms with E-state index in [-0.39, 0.29) is 23.2 Å². The van der Waals surface area contributed by atoms with Crippen LogP contribution in [0.4, 0.5) is 0 Å².